The molecule has 1 unspecified atom stereocenters. The number of carbonyl (C=O) groups excluding carboxylic acids is 1. The zero-order chi connectivity index (χ0) is 12.0. The van der Waals surface area contributed by atoms with Crippen LogP contribution in [0.15, 0.2) is 24.3 Å². The Balaban J connectivity index is 2.42. The number of nitrogens with one attached hydrogen (secondary N) is 1. The molecule has 0 fully saturated rings. The Hall–Kier alpha value is -1.46. The predicted octanol–water partition coefficient (Wildman–Crippen LogP) is 1.50. The summed E-state index contributed by atoms with van der Waals surface area (Å²) in [7, 11) is 0. The van der Waals surface area contributed by atoms with E-state index in [4.69, 9.17) is 27.2 Å². The molecule has 6 heteroatoms. The number of nitrogens with two attached hydrogens (primary N) is 1. The number of carbonyl (C=O) groups is 1. The molecule has 0 heterocycles. The SMILES string of the molecule is NC(=O)Nc1ccc(OCCC(O)Cl)cc1. The maximum Gasteiger partial charge on any atom is 0.316 e. The van der Waals surface area contributed by atoms with Crippen LogP contribution >= 0.6 is 11.6 Å². The number of urea groups is 1. The summed E-state index contributed by atoms with van der Waals surface area (Å²) in [6.45, 7) is 0.327. The first kappa shape index (κ1) is 12.6. The van der Waals surface area contributed by atoms with E-state index in [0.717, 1.165) is 0 Å². The molecular weight excluding hydrogens is 232 g/mol. The fourth-order valence-corrected chi connectivity index (χ4v) is 1.14. The molecule has 0 aliphatic carbocycles. The quantitative estimate of drug-likeness (QED) is 0.687. The molecule has 0 bridgehead atoms. The number of hydrogen-bond acceptors (Lipinski definition) is 3. The molecule has 16 heavy (non-hydrogen) atoms. The predicted molar refractivity (Wildman–Crippen MR) is 61.6 cm³/mol. The highest BCUT2D eigenvalue weighted by atomic mass is 35.5. The van der Waals surface area contributed by atoms with Crippen LogP contribution < -0.4 is 15.8 Å². The molecule has 0 aliphatic rings. The fraction of sp³-hybridized carbons (Fsp3) is 0.300. The molecule has 1 rings (SSSR count). The molecule has 0 saturated carbocycles. The molecule has 2 amide bonds. The van der Waals surface area contributed by atoms with Gasteiger partial charge in [0.15, 0.2) is 0 Å². The van der Waals surface area contributed by atoms with Crippen LogP contribution in [0.3, 0.4) is 0 Å². The van der Waals surface area contributed by atoms with Crippen LogP contribution in [0.1, 0.15) is 6.42 Å². The van der Waals surface area contributed by atoms with Gasteiger partial charge in [-0.1, -0.05) is 11.6 Å². The first-order chi connectivity index (χ1) is 7.58. The number of aliphatic hydroxyl groups excluding tert-OH is 1. The number of aliphatic hydroxyl groups is 1. The molecule has 0 saturated heterocycles. The number of benzene rings is 1. The molecule has 4 N–H and O–H groups in total. The second-order valence-corrected chi connectivity index (χ2v) is 3.59. The normalized spacial score (nSPS) is 11.9. The van der Waals surface area contributed by atoms with Crippen molar-refractivity contribution in [1.82, 2.24) is 0 Å². The van der Waals surface area contributed by atoms with Gasteiger partial charge in [0.2, 0.25) is 0 Å². The average Bonchev–Trinajstić information content (AvgIpc) is 2.19. The number of halogens is 1. The molecule has 1 aromatic carbocycles. The van der Waals surface area contributed by atoms with Crippen molar-refractivity contribution in [3.05, 3.63) is 24.3 Å². The number of primary amides is 1. The Labute approximate surface area is 98.2 Å². The van der Waals surface area contributed by atoms with Gasteiger partial charge in [-0.15, -0.1) is 0 Å². The second kappa shape index (κ2) is 6.19. The van der Waals surface area contributed by atoms with Crippen molar-refractivity contribution in [2.45, 2.75) is 12.0 Å². The first-order valence-electron chi connectivity index (χ1n) is 4.69. The van der Waals surface area contributed by atoms with E-state index in [-0.39, 0.29) is 0 Å². The Bertz CT molecular complexity index is 340. The molecule has 0 radical (unpaired) electrons. The van der Waals surface area contributed by atoms with E-state index in [1.54, 1.807) is 24.3 Å². The summed E-state index contributed by atoms with van der Waals surface area (Å²) < 4.78 is 5.29. The average molecular weight is 245 g/mol. The van der Waals surface area contributed by atoms with E-state index in [0.29, 0.717) is 24.5 Å². The molecule has 0 aromatic heterocycles. The summed E-state index contributed by atoms with van der Waals surface area (Å²) >= 11 is 5.34. The van der Waals surface area contributed by atoms with Crippen LogP contribution in [-0.4, -0.2) is 23.3 Å². The fourth-order valence-electron chi connectivity index (χ4n) is 1.05. The highest BCUT2D eigenvalue weighted by Crippen LogP contribution is 2.15. The lowest BCUT2D eigenvalue weighted by Crippen LogP contribution is -2.19. The van der Waals surface area contributed by atoms with Gasteiger partial charge in [0.05, 0.1) is 6.61 Å². The maximum absolute atomic E-state index is 10.5. The van der Waals surface area contributed by atoms with Crippen molar-refractivity contribution < 1.29 is 14.6 Å². The minimum absolute atomic E-state index is 0.327. The summed E-state index contributed by atoms with van der Waals surface area (Å²) in [6.07, 6.45) is 0.350. The van der Waals surface area contributed by atoms with Gasteiger partial charge in [-0.25, -0.2) is 4.79 Å². The van der Waals surface area contributed by atoms with Gasteiger partial charge < -0.3 is 20.9 Å². The number of rotatable bonds is 5. The lowest BCUT2D eigenvalue weighted by atomic mass is 10.3. The first-order valence-corrected chi connectivity index (χ1v) is 5.13. The Kier molecular flexibility index (Phi) is 4.88. The highest BCUT2D eigenvalue weighted by molar-refractivity contribution is 6.19. The minimum atomic E-state index is -0.893. The molecule has 1 atom stereocenters. The van der Waals surface area contributed by atoms with Crippen LogP contribution in [-0.2, 0) is 0 Å². The van der Waals surface area contributed by atoms with E-state index in [9.17, 15) is 4.79 Å². The number of alkyl halides is 1. The number of hydrogen-bond donors (Lipinski definition) is 3. The van der Waals surface area contributed by atoms with Crippen molar-refractivity contribution >= 4 is 23.3 Å². The molecule has 5 nitrogen and oxygen atoms in total. The van der Waals surface area contributed by atoms with Crippen LogP contribution in [0.5, 0.6) is 5.75 Å². The van der Waals surface area contributed by atoms with Gasteiger partial charge in [0.1, 0.15) is 11.3 Å². The van der Waals surface area contributed by atoms with E-state index < -0.39 is 11.6 Å². The van der Waals surface area contributed by atoms with Crippen molar-refractivity contribution in [2.24, 2.45) is 5.73 Å². The topological polar surface area (TPSA) is 84.6 Å². The van der Waals surface area contributed by atoms with Gasteiger partial charge in [-0.3, -0.25) is 0 Å². The smallest absolute Gasteiger partial charge is 0.316 e. The monoisotopic (exact) mass is 244 g/mol. The van der Waals surface area contributed by atoms with Crippen molar-refractivity contribution in [3.63, 3.8) is 0 Å². The number of ether oxygens (including phenoxy) is 1. The van der Waals surface area contributed by atoms with Crippen LogP contribution in [0.2, 0.25) is 0 Å². The van der Waals surface area contributed by atoms with Crippen molar-refractivity contribution in [2.75, 3.05) is 11.9 Å². The zero-order valence-corrected chi connectivity index (χ0v) is 9.28. The lowest BCUT2D eigenvalue weighted by Gasteiger charge is -2.07. The van der Waals surface area contributed by atoms with E-state index in [1.165, 1.54) is 0 Å². The maximum atomic E-state index is 10.5. The van der Waals surface area contributed by atoms with E-state index >= 15 is 0 Å². The van der Waals surface area contributed by atoms with Gasteiger partial charge in [-0.05, 0) is 24.3 Å². The summed E-state index contributed by atoms with van der Waals surface area (Å²) in [5, 5.41) is 11.2. The summed E-state index contributed by atoms with van der Waals surface area (Å²) in [5.74, 6) is 0.632. The lowest BCUT2D eigenvalue weighted by molar-refractivity contribution is 0.203. The molecular formula is C10H13ClN2O3. The van der Waals surface area contributed by atoms with Gasteiger partial charge >= 0.3 is 6.03 Å². The van der Waals surface area contributed by atoms with Crippen LogP contribution in [0.25, 0.3) is 0 Å². The number of amides is 2. The molecule has 1 aromatic rings. The highest BCUT2D eigenvalue weighted by Gasteiger charge is 2.00. The second-order valence-electron chi connectivity index (χ2n) is 3.09. The van der Waals surface area contributed by atoms with Gasteiger partial charge in [-0.2, -0.15) is 0 Å². The summed E-state index contributed by atoms with van der Waals surface area (Å²) in [4.78, 5) is 10.5. The zero-order valence-electron chi connectivity index (χ0n) is 8.52. The Morgan fingerprint density at radius 3 is 2.62 bits per heavy atom. The Morgan fingerprint density at radius 1 is 1.50 bits per heavy atom. The summed E-state index contributed by atoms with van der Waals surface area (Å²) in [5.41, 5.74) is 4.65. The molecule has 0 spiro atoms. The Morgan fingerprint density at radius 2 is 2.12 bits per heavy atom. The van der Waals surface area contributed by atoms with Gasteiger partial charge in [0.25, 0.3) is 0 Å². The third kappa shape index (κ3) is 4.86. The summed E-state index contributed by atoms with van der Waals surface area (Å²) in [6, 6.07) is 6.09. The molecule has 88 valence electrons. The minimum Gasteiger partial charge on any atom is -0.493 e. The van der Waals surface area contributed by atoms with Crippen LogP contribution in [0.4, 0.5) is 10.5 Å². The number of anilines is 1. The van der Waals surface area contributed by atoms with Gasteiger partial charge in [0, 0.05) is 12.1 Å². The largest absolute Gasteiger partial charge is 0.493 e. The third-order valence-corrected chi connectivity index (χ3v) is 1.96. The van der Waals surface area contributed by atoms with Crippen LogP contribution in [0, 0.1) is 0 Å². The molecule has 0 aliphatic heterocycles. The van der Waals surface area contributed by atoms with E-state index in [1.807, 2.05) is 0 Å². The van der Waals surface area contributed by atoms with Crippen molar-refractivity contribution in [1.29, 1.82) is 0 Å². The third-order valence-electron chi connectivity index (χ3n) is 1.75. The standard InChI is InChI=1S/C10H13ClN2O3/c11-9(14)5-6-16-8-3-1-7(2-4-8)13-10(12)15/h1-4,9,14H,5-6H2,(H3,12,13,15). The van der Waals surface area contributed by atoms with Crippen molar-refractivity contribution in [3.8, 4) is 5.75 Å². The van der Waals surface area contributed by atoms with E-state index in [2.05, 4.69) is 5.32 Å².